The zero-order valence-corrected chi connectivity index (χ0v) is 13.4. The molecule has 2 aromatic carbocycles. The van der Waals surface area contributed by atoms with Crippen molar-refractivity contribution in [2.45, 2.75) is 19.9 Å². The Morgan fingerprint density at radius 3 is 2.43 bits per heavy atom. The molecular weight excluding hydrogens is 340 g/mol. The normalized spacial score (nSPS) is 12.2. The Hall–Kier alpha value is -1.46. The van der Waals surface area contributed by atoms with Gasteiger partial charge in [0, 0.05) is 34.3 Å². The molecule has 2 aromatic rings. The third-order valence-corrected chi connectivity index (χ3v) is 3.51. The van der Waals surface area contributed by atoms with Gasteiger partial charge in [0.1, 0.15) is 23.1 Å². The molecule has 112 valence electrons. The van der Waals surface area contributed by atoms with E-state index in [0.717, 1.165) is 34.8 Å². The largest absolute Gasteiger partial charge is 0.457 e. The lowest BCUT2D eigenvalue weighted by molar-refractivity contribution is 0.452. The zero-order valence-electron chi connectivity index (χ0n) is 11.8. The number of benzene rings is 2. The van der Waals surface area contributed by atoms with Gasteiger partial charge in [-0.3, -0.25) is 0 Å². The first-order chi connectivity index (χ1) is 9.99. The van der Waals surface area contributed by atoms with Gasteiger partial charge in [-0.1, -0.05) is 28.9 Å². The Bertz CT molecular complexity index is 613. The van der Waals surface area contributed by atoms with Crippen LogP contribution in [0.15, 0.2) is 40.9 Å². The van der Waals surface area contributed by atoms with E-state index in [1.807, 2.05) is 26.0 Å². The van der Waals surface area contributed by atoms with Crippen LogP contribution in [0, 0.1) is 11.6 Å². The minimum absolute atomic E-state index is 0.0662. The third kappa shape index (κ3) is 4.25. The van der Waals surface area contributed by atoms with Crippen LogP contribution < -0.4 is 10.1 Å². The first-order valence-electron chi connectivity index (χ1n) is 6.66. The van der Waals surface area contributed by atoms with E-state index >= 15 is 0 Å². The van der Waals surface area contributed by atoms with Gasteiger partial charge in [0.05, 0.1) is 0 Å². The molecule has 0 fully saturated rings. The standard InChI is InChI=1S/C16H16BrF2NO/c1-3-20-10(2)15-5-4-11(17)6-16(15)21-14-8-12(18)7-13(19)9-14/h4-10,20H,3H2,1-2H3. The summed E-state index contributed by atoms with van der Waals surface area (Å²) in [6, 6.07) is 8.81. The summed E-state index contributed by atoms with van der Waals surface area (Å²) in [5.41, 5.74) is 0.921. The molecule has 0 saturated heterocycles. The number of halogens is 3. The fourth-order valence-corrected chi connectivity index (χ4v) is 2.42. The van der Waals surface area contributed by atoms with Crippen LogP contribution in [-0.2, 0) is 0 Å². The first-order valence-corrected chi connectivity index (χ1v) is 7.45. The van der Waals surface area contributed by atoms with E-state index in [0.29, 0.717) is 5.75 Å². The minimum atomic E-state index is -0.665. The number of hydrogen-bond acceptors (Lipinski definition) is 2. The van der Waals surface area contributed by atoms with Crippen LogP contribution in [0.25, 0.3) is 0 Å². The number of rotatable bonds is 5. The molecule has 2 nitrogen and oxygen atoms in total. The smallest absolute Gasteiger partial charge is 0.133 e. The van der Waals surface area contributed by atoms with Crippen molar-refractivity contribution in [3.63, 3.8) is 0 Å². The van der Waals surface area contributed by atoms with Crippen molar-refractivity contribution in [3.8, 4) is 11.5 Å². The van der Waals surface area contributed by atoms with E-state index in [4.69, 9.17) is 4.74 Å². The summed E-state index contributed by atoms with van der Waals surface area (Å²) in [6.07, 6.45) is 0. The Labute approximate surface area is 131 Å². The van der Waals surface area contributed by atoms with E-state index in [2.05, 4.69) is 21.2 Å². The van der Waals surface area contributed by atoms with Crippen LogP contribution in [0.3, 0.4) is 0 Å². The lowest BCUT2D eigenvalue weighted by Crippen LogP contribution is -2.18. The molecule has 0 aliphatic carbocycles. The molecule has 0 bridgehead atoms. The summed E-state index contributed by atoms with van der Waals surface area (Å²) in [7, 11) is 0. The minimum Gasteiger partial charge on any atom is -0.457 e. The third-order valence-electron chi connectivity index (χ3n) is 3.02. The fourth-order valence-electron chi connectivity index (χ4n) is 2.08. The Balaban J connectivity index is 2.35. The molecular formula is C16H16BrF2NO. The highest BCUT2D eigenvalue weighted by Crippen LogP contribution is 2.32. The second kappa shape index (κ2) is 7.00. The van der Waals surface area contributed by atoms with Gasteiger partial charge < -0.3 is 10.1 Å². The summed E-state index contributed by atoms with van der Waals surface area (Å²) >= 11 is 3.38. The van der Waals surface area contributed by atoms with E-state index < -0.39 is 11.6 Å². The Morgan fingerprint density at radius 2 is 1.81 bits per heavy atom. The lowest BCUT2D eigenvalue weighted by atomic mass is 10.1. The van der Waals surface area contributed by atoms with Crippen LogP contribution in [0.2, 0.25) is 0 Å². The summed E-state index contributed by atoms with van der Waals surface area (Å²) in [5.74, 6) is -0.638. The Morgan fingerprint density at radius 1 is 1.14 bits per heavy atom. The van der Waals surface area contributed by atoms with Crippen molar-refractivity contribution in [1.29, 1.82) is 0 Å². The van der Waals surface area contributed by atoms with Gasteiger partial charge >= 0.3 is 0 Å². The maximum absolute atomic E-state index is 13.2. The van der Waals surface area contributed by atoms with Gasteiger partial charge in [-0.05, 0) is 25.6 Å². The maximum atomic E-state index is 13.2. The van der Waals surface area contributed by atoms with Crippen molar-refractivity contribution in [1.82, 2.24) is 5.32 Å². The number of hydrogen-bond donors (Lipinski definition) is 1. The highest BCUT2D eigenvalue weighted by atomic mass is 79.9. The topological polar surface area (TPSA) is 21.3 Å². The molecule has 0 saturated carbocycles. The molecule has 1 atom stereocenters. The van der Waals surface area contributed by atoms with Gasteiger partial charge in [-0.15, -0.1) is 0 Å². The molecule has 1 N–H and O–H groups in total. The molecule has 0 radical (unpaired) electrons. The van der Waals surface area contributed by atoms with E-state index in [-0.39, 0.29) is 11.8 Å². The van der Waals surface area contributed by atoms with Gasteiger partial charge in [-0.25, -0.2) is 8.78 Å². The molecule has 2 rings (SSSR count). The number of ether oxygens (including phenoxy) is 1. The van der Waals surface area contributed by atoms with Crippen molar-refractivity contribution in [2.75, 3.05) is 6.54 Å². The first kappa shape index (κ1) is 15.9. The summed E-state index contributed by atoms with van der Waals surface area (Å²) in [5, 5.41) is 3.29. The molecule has 0 heterocycles. The second-order valence-electron chi connectivity index (χ2n) is 4.67. The molecule has 0 amide bonds. The predicted molar refractivity (Wildman–Crippen MR) is 82.7 cm³/mol. The lowest BCUT2D eigenvalue weighted by Gasteiger charge is -2.18. The van der Waals surface area contributed by atoms with Crippen LogP contribution in [-0.4, -0.2) is 6.54 Å². The monoisotopic (exact) mass is 355 g/mol. The molecule has 5 heteroatoms. The molecule has 0 aliphatic heterocycles. The van der Waals surface area contributed by atoms with Gasteiger partial charge in [0.2, 0.25) is 0 Å². The van der Waals surface area contributed by atoms with Crippen molar-refractivity contribution >= 4 is 15.9 Å². The van der Waals surface area contributed by atoms with Crippen LogP contribution in [0.5, 0.6) is 11.5 Å². The average Bonchev–Trinajstić information content (AvgIpc) is 2.37. The summed E-state index contributed by atoms with van der Waals surface area (Å²) in [6.45, 7) is 4.83. The molecule has 0 spiro atoms. The van der Waals surface area contributed by atoms with Crippen LogP contribution in [0.4, 0.5) is 8.78 Å². The summed E-state index contributed by atoms with van der Waals surface area (Å²) < 4.78 is 33.0. The van der Waals surface area contributed by atoms with Crippen LogP contribution >= 0.6 is 15.9 Å². The van der Waals surface area contributed by atoms with Crippen molar-refractivity contribution in [2.24, 2.45) is 0 Å². The SMILES string of the molecule is CCNC(C)c1ccc(Br)cc1Oc1cc(F)cc(F)c1. The number of nitrogens with one attached hydrogen (secondary N) is 1. The molecule has 21 heavy (non-hydrogen) atoms. The van der Waals surface area contributed by atoms with Crippen LogP contribution in [0.1, 0.15) is 25.5 Å². The highest BCUT2D eigenvalue weighted by Gasteiger charge is 2.13. The van der Waals surface area contributed by atoms with E-state index in [1.165, 1.54) is 0 Å². The average molecular weight is 356 g/mol. The van der Waals surface area contributed by atoms with Gasteiger partial charge in [-0.2, -0.15) is 0 Å². The quantitative estimate of drug-likeness (QED) is 0.796. The van der Waals surface area contributed by atoms with Crippen molar-refractivity contribution < 1.29 is 13.5 Å². The zero-order chi connectivity index (χ0) is 15.4. The molecule has 0 aliphatic rings. The molecule has 1 unspecified atom stereocenters. The molecule has 0 aromatic heterocycles. The van der Waals surface area contributed by atoms with E-state index in [1.54, 1.807) is 6.07 Å². The predicted octanol–water partition coefficient (Wildman–Crippen LogP) is 5.19. The maximum Gasteiger partial charge on any atom is 0.133 e. The van der Waals surface area contributed by atoms with Crippen molar-refractivity contribution in [3.05, 3.63) is 58.1 Å². The van der Waals surface area contributed by atoms with Gasteiger partial charge in [0.25, 0.3) is 0 Å². The van der Waals surface area contributed by atoms with Gasteiger partial charge in [0.15, 0.2) is 0 Å². The Kier molecular flexibility index (Phi) is 5.31. The second-order valence-corrected chi connectivity index (χ2v) is 5.58. The van der Waals surface area contributed by atoms with E-state index in [9.17, 15) is 8.78 Å². The highest BCUT2D eigenvalue weighted by molar-refractivity contribution is 9.10. The summed E-state index contributed by atoms with van der Waals surface area (Å²) in [4.78, 5) is 0. The fraction of sp³-hybridized carbons (Fsp3) is 0.250.